The lowest BCUT2D eigenvalue weighted by Gasteiger charge is -2.06. The zero-order valence-corrected chi connectivity index (χ0v) is 9.65. The van der Waals surface area contributed by atoms with Crippen molar-refractivity contribution in [1.29, 1.82) is 0 Å². The fourth-order valence-electron chi connectivity index (χ4n) is 1.54. The molecule has 90 valence electrons. The van der Waals surface area contributed by atoms with Crippen molar-refractivity contribution in [2.24, 2.45) is 0 Å². The van der Waals surface area contributed by atoms with Crippen LogP contribution < -0.4 is 0 Å². The topological polar surface area (TPSA) is 60.2 Å². The molecule has 0 aliphatic heterocycles. The highest BCUT2D eigenvalue weighted by Crippen LogP contribution is 2.18. The average molecular weight is 233 g/mol. The van der Waals surface area contributed by atoms with Gasteiger partial charge in [-0.25, -0.2) is 4.68 Å². The predicted molar refractivity (Wildman–Crippen MR) is 62.4 cm³/mol. The third-order valence-corrected chi connectivity index (χ3v) is 2.48. The Balaban J connectivity index is 2.09. The van der Waals surface area contributed by atoms with Crippen LogP contribution in [-0.2, 0) is 11.3 Å². The van der Waals surface area contributed by atoms with Crippen LogP contribution in [0.3, 0.4) is 0 Å². The van der Waals surface area contributed by atoms with Gasteiger partial charge in [0.15, 0.2) is 0 Å². The second-order valence-corrected chi connectivity index (χ2v) is 3.71. The van der Waals surface area contributed by atoms with Crippen LogP contribution >= 0.6 is 0 Å². The Hall–Kier alpha value is -1.72. The van der Waals surface area contributed by atoms with Crippen LogP contribution in [0.2, 0.25) is 0 Å². The number of hydrogen-bond acceptors (Lipinski definition) is 4. The maximum atomic E-state index is 10.1. The molecule has 5 nitrogen and oxygen atoms in total. The quantitative estimate of drug-likeness (QED) is 0.837. The minimum absolute atomic E-state index is 0.548. The Morgan fingerprint density at radius 1 is 1.35 bits per heavy atom. The third kappa shape index (κ3) is 2.89. The third-order valence-electron chi connectivity index (χ3n) is 2.48. The molecule has 2 aromatic rings. The van der Waals surface area contributed by atoms with E-state index in [0.29, 0.717) is 18.8 Å². The van der Waals surface area contributed by atoms with Gasteiger partial charge in [0.25, 0.3) is 0 Å². The van der Waals surface area contributed by atoms with Crippen LogP contribution in [0.5, 0.6) is 0 Å². The second kappa shape index (κ2) is 5.56. The first-order valence-electron chi connectivity index (χ1n) is 5.43. The molecule has 1 aromatic carbocycles. The van der Waals surface area contributed by atoms with Gasteiger partial charge in [-0.05, 0) is 5.56 Å². The van der Waals surface area contributed by atoms with E-state index < -0.39 is 6.10 Å². The summed E-state index contributed by atoms with van der Waals surface area (Å²) in [6, 6.07) is 9.39. The standard InChI is InChI=1S/C12H15N3O2/c1-17-8-7-15-9-11(13-14-15)12(16)10-5-3-2-4-6-10/h2-6,9,12,16H,7-8H2,1H3/t12-/m0/s1. The summed E-state index contributed by atoms with van der Waals surface area (Å²) in [6.45, 7) is 1.20. The van der Waals surface area contributed by atoms with Crippen molar-refractivity contribution in [3.8, 4) is 0 Å². The normalized spacial score (nSPS) is 12.6. The fraction of sp³-hybridized carbons (Fsp3) is 0.333. The van der Waals surface area contributed by atoms with Gasteiger partial charge in [0.1, 0.15) is 11.8 Å². The van der Waals surface area contributed by atoms with Gasteiger partial charge in [0.05, 0.1) is 19.3 Å². The number of aromatic nitrogens is 3. The summed E-state index contributed by atoms with van der Waals surface area (Å²) in [5, 5.41) is 18.0. The van der Waals surface area contributed by atoms with Crippen LogP contribution in [0.1, 0.15) is 17.4 Å². The Morgan fingerprint density at radius 2 is 2.12 bits per heavy atom. The maximum Gasteiger partial charge on any atom is 0.124 e. The molecule has 0 spiro atoms. The number of hydrogen-bond donors (Lipinski definition) is 1. The van der Waals surface area contributed by atoms with Crippen molar-refractivity contribution in [3.05, 3.63) is 47.8 Å². The SMILES string of the molecule is COCCn1cc([C@@H](O)c2ccccc2)nn1. The number of ether oxygens (including phenoxy) is 1. The van der Waals surface area contributed by atoms with Crippen molar-refractivity contribution in [3.63, 3.8) is 0 Å². The first-order chi connectivity index (χ1) is 8.31. The zero-order chi connectivity index (χ0) is 12.1. The van der Waals surface area contributed by atoms with E-state index in [2.05, 4.69) is 10.3 Å². The van der Waals surface area contributed by atoms with Gasteiger partial charge in [-0.2, -0.15) is 0 Å². The lowest BCUT2D eigenvalue weighted by atomic mass is 10.1. The molecule has 1 atom stereocenters. The first kappa shape index (κ1) is 11.8. The number of rotatable bonds is 5. The fourth-order valence-corrected chi connectivity index (χ4v) is 1.54. The highest BCUT2D eigenvalue weighted by molar-refractivity contribution is 5.23. The summed E-state index contributed by atoms with van der Waals surface area (Å²) in [7, 11) is 1.64. The molecule has 5 heteroatoms. The number of methoxy groups -OCH3 is 1. The van der Waals surface area contributed by atoms with E-state index in [0.717, 1.165) is 5.56 Å². The minimum atomic E-state index is -0.729. The number of aliphatic hydroxyl groups is 1. The van der Waals surface area contributed by atoms with Crippen molar-refractivity contribution >= 4 is 0 Å². The number of aliphatic hydroxyl groups excluding tert-OH is 1. The van der Waals surface area contributed by atoms with Gasteiger partial charge in [0, 0.05) is 7.11 Å². The molecular formula is C12H15N3O2. The van der Waals surface area contributed by atoms with E-state index in [4.69, 9.17) is 4.74 Å². The molecule has 0 saturated carbocycles. The molecule has 0 saturated heterocycles. The van der Waals surface area contributed by atoms with Gasteiger partial charge in [-0.3, -0.25) is 0 Å². The van der Waals surface area contributed by atoms with Crippen LogP contribution in [-0.4, -0.2) is 33.8 Å². The monoisotopic (exact) mass is 233 g/mol. The van der Waals surface area contributed by atoms with Gasteiger partial charge in [0.2, 0.25) is 0 Å². The number of benzene rings is 1. The Kier molecular flexibility index (Phi) is 3.85. The Labute approximate surface area is 99.7 Å². The van der Waals surface area contributed by atoms with E-state index in [1.54, 1.807) is 18.0 Å². The first-order valence-corrected chi connectivity index (χ1v) is 5.43. The molecule has 0 aliphatic carbocycles. The molecule has 0 unspecified atom stereocenters. The molecule has 1 aromatic heterocycles. The van der Waals surface area contributed by atoms with Crippen LogP contribution in [0, 0.1) is 0 Å². The van der Waals surface area contributed by atoms with Crippen LogP contribution in [0.25, 0.3) is 0 Å². The zero-order valence-electron chi connectivity index (χ0n) is 9.65. The maximum absolute atomic E-state index is 10.1. The molecule has 0 fully saturated rings. The van der Waals surface area contributed by atoms with Gasteiger partial charge in [-0.1, -0.05) is 35.5 Å². The van der Waals surface area contributed by atoms with Crippen molar-refractivity contribution in [2.75, 3.05) is 13.7 Å². The summed E-state index contributed by atoms with van der Waals surface area (Å²) < 4.78 is 6.61. The van der Waals surface area contributed by atoms with Crippen LogP contribution in [0.4, 0.5) is 0 Å². The van der Waals surface area contributed by atoms with Crippen LogP contribution in [0.15, 0.2) is 36.5 Å². The Morgan fingerprint density at radius 3 is 2.82 bits per heavy atom. The molecule has 2 rings (SSSR count). The van der Waals surface area contributed by atoms with E-state index in [9.17, 15) is 5.11 Å². The lowest BCUT2D eigenvalue weighted by molar-refractivity contribution is 0.182. The highest BCUT2D eigenvalue weighted by Gasteiger charge is 2.13. The smallest absolute Gasteiger partial charge is 0.124 e. The van der Waals surface area contributed by atoms with Crippen molar-refractivity contribution in [1.82, 2.24) is 15.0 Å². The number of nitrogens with zero attached hydrogens (tertiary/aromatic N) is 3. The predicted octanol–water partition coefficient (Wildman–Crippen LogP) is 1.01. The van der Waals surface area contributed by atoms with E-state index in [1.807, 2.05) is 30.3 Å². The van der Waals surface area contributed by atoms with Gasteiger partial charge < -0.3 is 9.84 Å². The minimum Gasteiger partial charge on any atom is -0.383 e. The van der Waals surface area contributed by atoms with E-state index in [-0.39, 0.29) is 0 Å². The molecule has 0 aliphatic rings. The van der Waals surface area contributed by atoms with Crippen molar-refractivity contribution < 1.29 is 9.84 Å². The molecule has 0 amide bonds. The largest absolute Gasteiger partial charge is 0.383 e. The van der Waals surface area contributed by atoms with Crippen molar-refractivity contribution in [2.45, 2.75) is 12.6 Å². The molecule has 1 heterocycles. The summed E-state index contributed by atoms with van der Waals surface area (Å²) in [5.41, 5.74) is 1.36. The summed E-state index contributed by atoms with van der Waals surface area (Å²) in [5.74, 6) is 0. The molecule has 0 radical (unpaired) electrons. The molecular weight excluding hydrogens is 218 g/mol. The average Bonchev–Trinajstić information content (AvgIpc) is 2.85. The van der Waals surface area contributed by atoms with Gasteiger partial charge >= 0.3 is 0 Å². The summed E-state index contributed by atoms with van der Waals surface area (Å²) >= 11 is 0. The second-order valence-electron chi connectivity index (χ2n) is 3.71. The van der Waals surface area contributed by atoms with E-state index >= 15 is 0 Å². The molecule has 0 bridgehead atoms. The molecule has 1 N–H and O–H groups in total. The van der Waals surface area contributed by atoms with Gasteiger partial charge in [-0.15, -0.1) is 5.10 Å². The summed E-state index contributed by atoms with van der Waals surface area (Å²) in [6.07, 6.45) is 1.00. The highest BCUT2D eigenvalue weighted by atomic mass is 16.5. The molecule has 17 heavy (non-hydrogen) atoms. The van der Waals surface area contributed by atoms with E-state index in [1.165, 1.54) is 0 Å². The lowest BCUT2D eigenvalue weighted by Crippen LogP contribution is -2.04. The summed E-state index contributed by atoms with van der Waals surface area (Å²) in [4.78, 5) is 0. The Bertz CT molecular complexity index is 456.